The Morgan fingerprint density at radius 1 is 1.64 bits per heavy atom. The van der Waals surface area contributed by atoms with E-state index in [9.17, 15) is 4.79 Å². The molecule has 1 rings (SSSR count). The summed E-state index contributed by atoms with van der Waals surface area (Å²) in [5, 5.41) is 2.80. The number of amides is 1. The third-order valence-electron chi connectivity index (χ3n) is 1.62. The Morgan fingerprint density at radius 2 is 2.27 bits per heavy atom. The van der Waals surface area contributed by atoms with Gasteiger partial charge in [-0.1, -0.05) is 22.6 Å². The third kappa shape index (κ3) is 3.35. The van der Waals surface area contributed by atoms with E-state index in [-0.39, 0.29) is 11.6 Å². The van der Waals surface area contributed by atoms with E-state index in [1.54, 1.807) is 0 Å². The van der Waals surface area contributed by atoms with Crippen LogP contribution < -0.4 is 16.2 Å². The Kier molecular flexibility index (Phi) is 3.08. The van der Waals surface area contributed by atoms with Crippen molar-refractivity contribution in [1.82, 2.24) is 16.2 Å². The van der Waals surface area contributed by atoms with Crippen LogP contribution in [0.25, 0.3) is 0 Å². The van der Waals surface area contributed by atoms with Crippen LogP contribution in [0.1, 0.15) is 13.3 Å². The smallest absolute Gasteiger partial charge is 0.229 e. The zero-order chi connectivity index (χ0) is 8.32. The Labute approximate surface area is 79.6 Å². The standard InChI is InChI=1S/C6H12IN3O/c1-6(9-10-6)2-3-8-5(11)4-7/h9-10H,2-4H2,1H3,(H,8,11). The zero-order valence-electron chi connectivity index (χ0n) is 6.41. The molecule has 0 atom stereocenters. The first-order chi connectivity index (χ1) is 5.16. The molecule has 1 fully saturated rings. The summed E-state index contributed by atoms with van der Waals surface area (Å²) >= 11 is 2.05. The molecule has 0 unspecified atom stereocenters. The van der Waals surface area contributed by atoms with Crippen molar-refractivity contribution in [2.24, 2.45) is 0 Å². The second kappa shape index (κ2) is 3.68. The molecule has 0 saturated carbocycles. The number of hydrogen-bond acceptors (Lipinski definition) is 3. The normalized spacial score (nSPS) is 19.5. The van der Waals surface area contributed by atoms with Gasteiger partial charge in [0.15, 0.2) is 0 Å². The van der Waals surface area contributed by atoms with E-state index in [2.05, 4.69) is 23.1 Å². The van der Waals surface area contributed by atoms with Crippen LogP contribution in [0.4, 0.5) is 0 Å². The molecule has 1 heterocycles. The predicted octanol–water partition coefficient (Wildman–Crippen LogP) is -0.248. The van der Waals surface area contributed by atoms with Crippen molar-refractivity contribution >= 4 is 28.5 Å². The number of hydrogen-bond donors (Lipinski definition) is 3. The van der Waals surface area contributed by atoms with Gasteiger partial charge in [0, 0.05) is 6.54 Å². The molecule has 1 aliphatic rings. The van der Waals surface area contributed by atoms with Gasteiger partial charge in [0.05, 0.1) is 10.1 Å². The number of nitrogens with one attached hydrogen (secondary N) is 3. The van der Waals surface area contributed by atoms with Gasteiger partial charge in [-0.05, 0) is 13.3 Å². The van der Waals surface area contributed by atoms with Crippen LogP contribution in [0, 0.1) is 0 Å². The van der Waals surface area contributed by atoms with Gasteiger partial charge in [-0.15, -0.1) is 0 Å². The number of carbonyl (C=O) groups is 1. The molecular formula is C6H12IN3O. The quantitative estimate of drug-likeness (QED) is 0.374. The van der Waals surface area contributed by atoms with Gasteiger partial charge < -0.3 is 5.32 Å². The van der Waals surface area contributed by atoms with Crippen LogP contribution in [-0.2, 0) is 4.79 Å². The molecular weight excluding hydrogens is 257 g/mol. The van der Waals surface area contributed by atoms with Gasteiger partial charge in [0.25, 0.3) is 0 Å². The van der Waals surface area contributed by atoms with Crippen molar-refractivity contribution in [2.75, 3.05) is 11.0 Å². The minimum absolute atomic E-state index is 0.0680. The van der Waals surface area contributed by atoms with E-state index in [1.165, 1.54) is 0 Å². The van der Waals surface area contributed by atoms with Gasteiger partial charge in [-0.25, -0.2) is 10.9 Å². The molecule has 1 aliphatic heterocycles. The summed E-state index contributed by atoms with van der Waals surface area (Å²) in [6.45, 7) is 2.79. The van der Waals surface area contributed by atoms with E-state index < -0.39 is 0 Å². The highest BCUT2D eigenvalue weighted by Gasteiger charge is 2.34. The molecule has 5 heteroatoms. The number of hydrazine groups is 1. The van der Waals surface area contributed by atoms with Crippen LogP contribution in [0.2, 0.25) is 0 Å². The fraction of sp³-hybridized carbons (Fsp3) is 0.833. The van der Waals surface area contributed by atoms with Gasteiger partial charge in [-0.2, -0.15) is 0 Å². The first kappa shape index (κ1) is 9.21. The zero-order valence-corrected chi connectivity index (χ0v) is 8.57. The van der Waals surface area contributed by atoms with Crippen molar-refractivity contribution in [3.8, 4) is 0 Å². The minimum atomic E-state index is 0.0680. The molecule has 3 N–H and O–H groups in total. The molecule has 64 valence electrons. The van der Waals surface area contributed by atoms with Gasteiger partial charge in [0.1, 0.15) is 0 Å². The van der Waals surface area contributed by atoms with Crippen LogP contribution in [0.15, 0.2) is 0 Å². The number of carbonyl (C=O) groups excluding carboxylic acids is 1. The Balaban J connectivity index is 2.00. The van der Waals surface area contributed by atoms with Crippen LogP contribution in [-0.4, -0.2) is 22.5 Å². The highest BCUT2D eigenvalue weighted by atomic mass is 127. The van der Waals surface area contributed by atoms with E-state index in [0.29, 0.717) is 4.43 Å². The summed E-state index contributed by atoms with van der Waals surface area (Å²) in [6.07, 6.45) is 0.926. The maximum atomic E-state index is 10.8. The lowest BCUT2D eigenvalue weighted by atomic mass is 10.2. The van der Waals surface area contributed by atoms with Crippen LogP contribution in [0.3, 0.4) is 0 Å². The average Bonchev–Trinajstić information content (AvgIpc) is 2.68. The molecule has 0 aromatic rings. The minimum Gasteiger partial charge on any atom is -0.355 e. The molecule has 0 aliphatic carbocycles. The van der Waals surface area contributed by atoms with E-state index >= 15 is 0 Å². The van der Waals surface area contributed by atoms with Crippen molar-refractivity contribution < 1.29 is 4.79 Å². The number of alkyl halides is 1. The topological polar surface area (TPSA) is 73.0 Å². The van der Waals surface area contributed by atoms with Gasteiger partial charge >= 0.3 is 0 Å². The largest absolute Gasteiger partial charge is 0.355 e. The number of halogens is 1. The molecule has 0 spiro atoms. The molecule has 1 saturated heterocycles. The van der Waals surface area contributed by atoms with E-state index in [0.717, 1.165) is 13.0 Å². The predicted molar refractivity (Wildman–Crippen MR) is 51.2 cm³/mol. The lowest BCUT2D eigenvalue weighted by molar-refractivity contribution is -0.118. The summed E-state index contributed by atoms with van der Waals surface area (Å²) in [7, 11) is 0. The van der Waals surface area contributed by atoms with Crippen molar-refractivity contribution in [3.05, 3.63) is 0 Å². The molecule has 4 nitrogen and oxygen atoms in total. The lowest BCUT2D eigenvalue weighted by Crippen LogP contribution is -2.29. The van der Waals surface area contributed by atoms with E-state index in [4.69, 9.17) is 0 Å². The van der Waals surface area contributed by atoms with Crippen molar-refractivity contribution in [2.45, 2.75) is 19.0 Å². The summed E-state index contributed by atoms with van der Waals surface area (Å²) in [4.78, 5) is 10.8. The fourth-order valence-electron chi connectivity index (χ4n) is 0.731. The van der Waals surface area contributed by atoms with Crippen molar-refractivity contribution in [3.63, 3.8) is 0 Å². The maximum absolute atomic E-state index is 10.8. The summed E-state index contributed by atoms with van der Waals surface area (Å²) < 4.78 is 0.537. The molecule has 0 aromatic carbocycles. The summed E-state index contributed by atoms with van der Waals surface area (Å²) in [5.74, 6) is 0.106. The second-order valence-electron chi connectivity index (χ2n) is 2.82. The van der Waals surface area contributed by atoms with Gasteiger partial charge in [-0.3, -0.25) is 4.79 Å². The maximum Gasteiger partial charge on any atom is 0.229 e. The highest BCUT2D eigenvalue weighted by Crippen LogP contribution is 2.11. The Bertz CT molecular complexity index is 158. The summed E-state index contributed by atoms with van der Waals surface area (Å²) in [6, 6.07) is 0. The molecule has 11 heavy (non-hydrogen) atoms. The molecule has 0 radical (unpaired) electrons. The van der Waals surface area contributed by atoms with Gasteiger partial charge in [0.2, 0.25) is 5.91 Å². The van der Waals surface area contributed by atoms with Crippen LogP contribution >= 0.6 is 22.6 Å². The third-order valence-corrected chi connectivity index (χ3v) is 2.31. The molecule has 0 aromatic heterocycles. The fourth-order valence-corrected chi connectivity index (χ4v) is 1.00. The van der Waals surface area contributed by atoms with Crippen molar-refractivity contribution in [1.29, 1.82) is 0 Å². The van der Waals surface area contributed by atoms with Crippen LogP contribution in [0.5, 0.6) is 0 Å². The Hall–Kier alpha value is 0.120. The second-order valence-corrected chi connectivity index (χ2v) is 3.58. The lowest BCUT2D eigenvalue weighted by Gasteiger charge is -2.05. The first-order valence-electron chi connectivity index (χ1n) is 3.53. The average molecular weight is 269 g/mol. The molecule has 0 bridgehead atoms. The van der Waals surface area contributed by atoms with E-state index in [1.807, 2.05) is 22.6 Å². The SMILES string of the molecule is CC1(CCNC(=O)CI)NN1. The Morgan fingerprint density at radius 3 is 2.73 bits per heavy atom. The summed E-state index contributed by atoms with van der Waals surface area (Å²) in [5.41, 5.74) is 6.07. The monoisotopic (exact) mass is 269 g/mol. The number of rotatable bonds is 4. The first-order valence-corrected chi connectivity index (χ1v) is 5.06. The molecule has 1 amide bonds. The highest BCUT2D eigenvalue weighted by molar-refractivity contribution is 14.1.